The van der Waals surface area contributed by atoms with Gasteiger partial charge in [0.2, 0.25) is 11.9 Å². The Balaban J connectivity index is 1.71. The van der Waals surface area contributed by atoms with Gasteiger partial charge in [0, 0.05) is 22.8 Å². The van der Waals surface area contributed by atoms with Crippen molar-refractivity contribution in [3.63, 3.8) is 0 Å². The molecule has 2 heterocycles. The molecule has 1 saturated carbocycles. The van der Waals surface area contributed by atoms with Gasteiger partial charge in [0.25, 0.3) is 5.56 Å². The summed E-state index contributed by atoms with van der Waals surface area (Å²) in [4.78, 5) is 32.4. The van der Waals surface area contributed by atoms with Crippen LogP contribution in [0.5, 0.6) is 0 Å². The standard InChI is InChI=1S/C21H22ClN5O2/c1-13-12-18(28)25-20(23-13)27-17(11-14(2)26-27)24-19(29)21(9-3-4-10-21)15-5-7-16(22)8-6-15/h5-8,11-12H,3-4,9-10H2,1-2H3,(H,24,29)(H,23,25,28). The van der Waals surface area contributed by atoms with Crippen LogP contribution in [0.15, 0.2) is 41.2 Å². The summed E-state index contributed by atoms with van der Waals surface area (Å²) in [6, 6.07) is 10.7. The quantitative estimate of drug-likeness (QED) is 0.684. The largest absolute Gasteiger partial charge is 0.310 e. The van der Waals surface area contributed by atoms with E-state index < -0.39 is 5.41 Å². The molecule has 0 radical (unpaired) electrons. The number of carbonyl (C=O) groups excluding carboxylic acids is 1. The molecule has 0 atom stereocenters. The van der Waals surface area contributed by atoms with Crippen LogP contribution in [0.3, 0.4) is 0 Å². The van der Waals surface area contributed by atoms with Crippen molar-refractivity contribution < 1.29 is 4.79 Å². The van der Waals surface area contributed by atoms with E-state index in [9.17, 15) is 9.59 Å². The van der Waals surface area contributed by atoms with Gasteiger partial charge in [0.15, 0.2) is 0 Å². The lowest BCUT2D eigenvalue weighted by molar-refractivity contribution is -0.121. The average Bonchev–Trinajstić information content (AvgIpc) is 3.29. The number of halogens is 1. The van der Waals surface area contributed by atoms with Crippen LogP contribution < -0.4 is 10.9 Å². The lowest BCUT2D eigenvalue weighted by Gasteiger charge is -2.28. The Bertz CT molecular complexity index is 1110. The van der Waals surface area contributed by atoms with Crippen LogP contribution in [-0.2, 0) is 10.2 Å². The smallest absolute Gasteiger partial charge is 0.252 e. The molecule has 0 unspecified atom stereocenters. The molecule has 0 saturated heterocycles. The van der Waals surface area contributed by atoms with Crippen LogP contribution in [0.2, 0.25) is 5.02 Å². The highest BCUT2D eigenvalue weighted by Gasteiger charge is 2.43. The summed E-state index contributed by atoms with van der Waals surface area (Å²) in [5.74, 6) is 0.653. The number of rotatable bonds is 4. The summed E-state index contributed by atoms with van der Waals surface area (Å²) in [5.41, 5.74) is 1.35. The van der Waals surface area contributed by atoms with Crippen LogP contribution in [-0.4, -0.2) is 25.7 Å². The fraction of sp³-hybridized carbons (Fsp3) is 0.333. The van der Waals surface area contributed by atoms with Crippen molar-refractivity contribution in [3.05, 3.63) is 68.7 Å². The average molecular weight is 412 g/mol. The first-order valence-electron chi connectivity index (χ1n) is 9.60. The number of nitrogens with zero attached hydrogens (tertiary/aromatic N) is 3. The molecule has 29 heavy (non-hydrogen) atoms. The van der Waals surface area contributed by atoms with Gasteiger partial charge in [-0.15, -0.1) is 0 Å². The van der Waals surface area contributed by atoms with Crippen molar-refractivity contribution >= 4 is 23.3 Å². The number of H-pyrrole nitrogens is 1. The zero-order valence-electron chi connectivity index (χ0n) is 16.3. The minimum absolute atomic E-state index is 0.0894. The molecule has 0 aliphatic heterocycles. The topological polar surface area (TPSA) is 92.7 Å². The number of aromatic amines is 1. The Morgan fingerprint density at radius 2 is 1.83 bits per heavy atom. The molecule has 2 aromatic heterocycles. The molecule has 0 bridgehead atoms. The van der Waals surface area contributed by atoms with E-state index >= 15 is 0 Å². The molecule has 0 spiro atoms. The van der Waals surface area contributed by atoms with E-state index in [0.717, 1.165) is 31.2 Å². The lowest BCUT2D eigenvalue weighted by atomic mass is 9.78. The second kappa shape index (κ2) is 7.48. The highest BCUT2D eigenvalue weighted by molar-refractivity contribution is 6.30. The maximum atomic E-state index is 13.5. The first-order valence-corrected chi connectivity index (χ1v) is 9.98. The van der Waals surface area contributed by atoms with Crippen LogP contribution in [0.1, 0.15) is 42.6 Å². The number of hydrogen-bond donors (Lipinski definition) is 2. The predicted molar refractivity (Wildman–Crippen MR) is 112 cm³/mol. The number of anilines is 1. The fourth-order valence-corrected chi connectivity index (χ4v) is 4.17. The summed E-state index contributed by atoms with van der Waals surface area (Å²) in [5, 5.41) is 8.08. The van der Waals surface area contributed by atoms with Gasteiger partial charge in [-0.2, -0.15) is 9.78 Å². The number of carbonyl (C=O) groups is 1. The molecule has 1 aromatic carbocycles. The van der Waals surface area contributed by atoms with E-state index in [0.29, 0.717) is 22.2 Å². The van der Waals surface area contributed by atoms with E-state index in [1.165, 1.54) is 10.7 Å². The summed E-state index contributed by atoms with van der Waals surface area (Å²) in [6.45, 7) is 3.56. The van der Waals surface area contributed by atoms with Gasteiger partial charge in [-0.1, -0.05) is 36.6 Å². The van der Waals surface area contributed by atoms with Crippen molar-refractivity contribution in [2.75, 3.05) is 5.32 Å². The van der Waals surface area contributed by atoms with Crippen molar-refractivity contribution in [3.8, 4) is 5.95 Å². The minimum Gasteiger partial charge on any atom is -0.310 e. The molecular weight excluding hydrogens is 390 g/mol. The normalized spacial score (nSPS) is 15.4. The number of amides is 1. The van der Waals surface area contributed by atoms with Gasteiger partial charge in [-0.25, -0.2) is 4.98 Å². The summed E-state index contributed by atoms with van der Waals surface area (Å²) in [7, 11) is 0. The number of nitrogens with one attached hydrogen (secondary N) is 2. The third-order valence-corrected chi connectivity index (χ3v) is 5.67. The molecule has 1 fully saturated rings. The van der Waals surface area contributed by atoms with E-state index in [-0.39, 0.29) is 17.4 Å². The number of aromatic nitrogens is 4. The molecule has 2 N–H and O–H groups in total. The summed E-state index contributed by atoms with van der Waals surface area (Å²) in [6.07, 6.45) is 3.52. The second-order valence-electron chi connectivity index (χ2n) is 7.54. The zero-order chi connectivity index (χ0) is 20.6. The van der Waals surface area contributed by atoms with E-state index in [1.54, 1.807) is 13.0 Å². The second-order valence-corrected chi connectivity index (χ2v) is 7.98. The van der Waals surface area contributed by atoms with Crippen LogP contribution in [0.4, 0.5) is 5.82 Å². The van der Waals surface area contributed by atoms with Crippen molar-refractivity contribution in [2.45, 2.75) is 44.9 Å². The van der Waals surface area contributed by atoms with Crippen molar-refractivity contribution in [2.24, 2.45) is 0 Å². The molecule has 1 amide bonds. The van der Waals surface area contributed by atoms with Gasteiger partial charge >= 0.3 is 0 Å². The zero-order valence-corrected chi connectivity index (χ0v) is 17.1. The lowest BCUT2D eigenvalue weighted by Crippen LogP contribution is -2.38. The molecule has 1 aliphatic rings. The number of aryl methyl sites for hydroxylation is 2. The highest BCUT2D eigenvalue weighted by atomic mass is 35.5. The van der Waals surface area contributed by atoms with Gasteiger partial charge < -0.3 is 5.32 Å². The Morgan fingerprint density at radius 3 is 2.48 bits per heavy atom. The maximum absolute atomic E-state index is 13.5. The molecule has 8 heteroatoms. The number of hydrogen-bond acceptors (Lipinski definition) is 4. The van der Waals surface area contributed by atoms with E-state index in [4.69, 9.17) is 11.6 Å². The summed E-state index contributed by atoms with van der Waals surface area (Å²) >= 11 is 6.04. The third-order valence-electron chi connectivity index (χ3n) is 5.42. The minimum atomic E-state index is -0.610. The SMILES string of the molecule is Cc1cc(=O)[nH]c(-n2nc(C)cc2NC(=O)C2(c3ccc(Cl)cc3)CCCC2)n1. The highest BCUT2D eigenvalue weighted by Crippen LogP contribution is 2.42. The van der Waals surface area contributed by atoms with Gasteiger partial charge in [-0.3, -0.25) is 14.6 Å². The third kappa shape index (κ3) is 3.70. The summed E-state index contributed by atoms with van der Waals surface area (Å²) < 4.78 is 1.46. The van der Waals surface area contributed by atoms with Crippen molar-refractivity contribution in [1.29, 1.82) is 0 Å². The monoisotopic (exact) mass is 411 g/mol. The Morgan fingerprint density at radius 1 is 1.14 bits per heavy atom. The molecule has 7 nitrogen and oxygen atoms in total. The van der Waals surface area contributed by atoms with Gasteiger partial charge in [0.1, 0.15) is 5.82 Å². The van der Waals surface area contributed by atoms with Crippen LogP contribution >= 0.6 is 11.6 Å². The first kappa shape index (κ1) is 19.4. The van der Waals surface area contributed by atoms with Gasteiger partial charge in [-0.05, 0) is 44.4 Å². The molecular formula is C21H22ClN5O2. The fourth-order valence-electron chi connectivity index (χ4n) is 4.04. The maximum Gasteiger partial charge on any atom is 0.252 e. The Hall–Kier alpha value is -2.93. The van der Waals surface area contributed by atoms with Gasteiger partial charge in [0.05, 0.1) is 11.1 Å². The molecule has 150 valence electrons. The number of benzene rings is 1. The van der Waals surface area contributed by atoms with Crippen LogP contribution in [0.25, 0.3) is 5.95 Å². The predicted octanol–water partition coefficient (Wildman–Crippen LogP) is 3.68. The molecule has 4 rings (SSSR count). The molecule has 3 aromatic rings. The van der Waals surface area contributed by atoms with E-state index in [2.05, 4.69) is 20.4 Å². The molecule has 1 aliphatic carbocycles. The van der Waals surface area contributed by atoms with E-state index in [1.807, 2.05) is 31.2 Å². The van der Waals surface area contributed by atoms with Crippen LogP contribution in [0, 0.1) is 13.8 Å². The Labute approximate surface area is 173 Å². The Kier molecular flexibility index (Phi) is 5.00. The first-order chi connectivity index (χ1) is 13.9. The van der Waals surface area contributed by atoms with Crippen molar-refractivity contribution in [1.82, 2.24) is 19.7 Å².